The Morgan fingerprint density at radius 1 is 0.714 bits per heavy atom. The summed E-state index contributed by atoms with van der Waals surface area (Å²) in [7, 11) is 0. The van der Waals surface area contributed by atoms with Gasteiger partial charge in [0.15, 0.2) is 6.10 Å². The minimum atomic E-state index is -4.78. The van der Waals surface area contributed by atoms with Crippen LogP contribution in [0.2, 0.25) is 0 Å². The number of hydrogen-bond donors (Lipinski definition) is 1. The second kappa shape index (κ2) is 8.80. The summed E-state index contributed by atoms with van der Waals surface area (Å²) in [5, 5.41) is 9.64. The summed E-state index contributed by atoms with van der Waals surface area (Å²) in [6.07, 6.45) is -7.40. The summed E-state index contributed by atoms with van der Waals surface area (Å²) in [6, 6.07) is 22.4. The molecule has 0 spiro atoms. The molecule has 0 aliphatic heterocycles. The molecular formula is C22H19F3O3. The van der Waals surface area contributed by atoms with E-state index in [9.17, 15) is 18.3 Å². The van der Waals surface area contributed by atoms with Gasteiger partial charge in [0, 0.05) is 6.07 Å². The summed E-state index contributed by atoms with van der Waals surface area (Å²) >= 11 is 0. The summed E-state index contributed by atoms with van der Waals surface area (Å²) < 4.78 is 50.2. The van der Waals surface area contributed by atoms with Crippen LogP contribution in [0.15, 0.2) is 78.9 Å². The molecule has 0 aliphatic carbocycles. The van der Waals surface area contributed by atoms with Crippen molar-refractivity contribution < 1.29 is 27.8 Å². The predicted octanol–water partition coefficient (Wildman–Crippen LogP) is 5.44. The van der Waals surface area contributed by atoms with E-state index in [1.807, 2.05) is 60.7 Å². The van der Waals surface area contributed by atoms with Crippen molar-refractivity contribution in [3.8, 4) is 11.5 Å². The molecular weight excluding hydrogens is 369 g/mol. The number of ether oxygens (including phenoxy) is 2. The van der Waals surface area contributed by atoms with Crippen LogP contribution in [0.1, 0.15) is 22.8 Å². The standard InChI is InChI=1S/C22H19F3O3/c23-22(24,25)21(26)18-11-19(27-14-16-7-3-1-4-8-16)13-20(12-18)28-15-17-9-5-2-6-10-17/h1-13,21,26H,14-15H2. The first-order chi connectivity index (χ1) is 13.4. The van der Waals surface area contributed by atoms with Gasteiger partial charge in [-0.05, 0) is 28.8 Å². The Morgan fingerprint density at radius 2 is 1.14 bits per heavy atom. The zero-order chi connectivity index (χ0) is 20.0. The third kappa shape index (κ3) is 5.50. The van der Waals surface area contributed by atoms with Gasteiger partial charge in [-0.25, -0.2) is 0 Å². The van der Waals surface area contributed by atoms with Crippen molar-refractivity contribution in [2.45, 2.75) is 25.5 Å². The van der Waals surface area contributed by atoms with Crippen molar-refractivity contribution in [2.24, 2.45) is 0 Å². The van der Waals surface area contributed by atoms with Crippen LogP contribution >= 0.6 is 0 Å². The maximum absolute atomic E-state index is 13.0. The van der Waals surface area contributed by atoms with Gasteiger partial charge in [0.1, 0.15) is 24.7 Å². The topological polar surface area (TPSA) is 38.7 Å². The van der Waals surface area contributed by atoms with E-state index in [-0.39, 0.29) is 30.3 Å². The maximum Gasteiger partial charge on any atom is 0.418 e. The molecule has 3 aromatic rings. The Kier molecular flexibility index (Phi) is 6.21. The zero-order valence-corrected chi connectivity index (χ0v) is 14.9. The highest BCUT2D eigenvalue weighted by Gasteiger charge is 2.39. The van der Waals surface area contributed by atoms with Gasteiger partial charge in [0.05, 0.1) is 0 Å². The number of hydrogen-bond acceptors (Lipinski definition) is 3. The minimum Gasteiger partial charge on any atom is -0.489 e. The van der Waals surface area contributed by atoms with Gasteiger partial charge >= 0.3 is 6.18 Å². The lowest BCUT2D eigenvalue weighted by Crippen LogP contribution is -2.20. The van der Waals surface area contributed by atoms with Crippen LogP contribution in [0, 0.1) is 0 Å². The predicted molar refractivity (Wildman–Crippen MR) is 99.0 cm³/mol. The van der Waals surface area contributed by atoms with E-state index in [0.717, 1.165) is 11.1 Å². The maximum atomic E-state index is 13.0. The molecule has 0 saturated carbocycles. The Bertz CT molecular complexity index is 819. The van der Waals surface area contributed by atoms with E-state index in [2.05, 4.69) is 0 Å². The van der Waals surface area contributed by atoms with Gasteiger partial charge in [-0.3, -0.25) is 0 Å². The molecule has 0 bridgehead atoms. The molecule has 0 heterocycles. The van der Waals surface area contributed by atoms with Gasteiger partial charge in [-0.15, -0.1) is 0 Å². The van der Waals surface area contributed by atoms with E-state index in [1.165, 1.54) is 18.2 Å². The lowest BCUT2D eigenvalue weighted by Gasteiger charge is -2.18. The molecule has 3 aromatic carbocycles. The number of benzene rings is 3. The van der Waals surface area contributed by atoms with E-state index >= 15 is 0 Å². The third-order valence-corrected chi connectivity index (χ3v) is 4.02. The van der Waals surface area contributed by atoms with Gasteiger partial charge in [-0.2, -0.15) is 13.2 Å². The zero-order valence-electron chi connectivity index (χ0n) is 14.9. The van der Waals surface area contributed by atoms with E-state index in [0.29, 0.717) is 0 Å². The molecule has 0 aliphatic rings. The molecule has 1 N–H and O–H groups in total. The van der Waals surface area contributed by atoms with Crippen LogP contribution in [0.5, 0.6) is 11.5 Å². The van der Waals surface area contributed by atoms with E-state index < -0.39 is 12.3 Å². The second-order valence-electron chi connectivity index (χ2n) is 6.23. The number of rotatable bonds is 7. The molecule has 3 rings (SSSR count). The van der Waals surface area contributed by atoms with Crippen LogP contribution in [0.3, 0.4) is 0 Å². The molecule has 3 nitrogen and oxygen atoms in total. The molecule has 1 atom stereocenters. The minimum absolute atomic E-state index is 0.185. The molecule has 0 saturated heterocycles. The van der Waals surface area contributed by atoms with Gasteiger partial charge in [0.2, 0.25) is 0 Å². The molecule has 0 fully saturated rings. The summed E-state index contributed by atoms with van der Waals surface area (Å²) in [6.45, 7) is 0.370. The SMILES string of the molecule is OC(c1cc(OCc2ccccc2)cc(OCc2ccccc2)c1)C(F)(F)F. The Hall–Kier alpha value is -2.99. The van der Waals surface area contributed by atoms with Crippen molar-refractivity contribution in [3.05, 3.63) is 95.6 Å². The Balaban J connectivity index is 1.81. The summed E-state index contributed by atoms with van der Waals surface area (Å²) in [5.74, 6) is 0.375. The Morgan fingerprint density at radius 3 is 1.54 bits per heavy atom. The lowest BCUT2D eigenvalue weighted by atomic mass is 10.1. The van der Waals surface area contributed by atoms with Crippen LogP contribution < -0.4 is 9.47 Å². The molecule has 0 radical (unpaired) electrons. The molecule has 28 heavy (non-hydrogen) atoms. The fourth-order valence-corrected chi connectivity index (χ4v) is 2.59. The van der Waals surface area contributed by atoms with Crippen molar-refractivity contribution in [3.63, 3.8) is 0 Å². The van der Waals surface area contributed by atoms with Gasteiger partial charge in [0.25, 0.3) is 0 Å². The van der Waals surface area contributed by atoms with Crippen molar-refractivity contribution in [1.82, 2.24) is 0 Å². The molecule has 6 heteroatoms. The second-order valence-corrected chi connectivity index (χ2v) is 6.23. The lowest BCUT2D eigenvalue weighted by molar-refractivity contribution is -0.206. The average molecular weight is 388 g/mol. The van der Waals surface area contributed by atoms with E-state index in [4.69, 9.17) is 9.47 Å². The fraction of sp³-hybridized carbons (Fsp3) is 0.182. The van der Waals surface area contributed by atoms with Gasteiger partial charge in [-0.1, -0.05) is 60.7 Å². The van der Waals surface area contributed by atoms with Crippen molar-refractivity contribution in [1.29, 1.82) is 0 Å². The number of aliphatic hydroxyl groups is 1. The fourth-order valence-electron chi connectivity index (χ4n) is 2.59. The smallest absolute Gasteiger partial charge is 0.418 e. The molecule has 0 aromatic heterocycles. The molecule has 146 valence electrons. The molecule has 1 unspecified atom stereocenters. The number of halogens is 3. The van der Waals surface area contributed by atoms with Crippen molar-refractivity contribution >= 4 is 0 Å². The third-order valence-electron chi connectivity index (χ3n) is 4.02. The Labute approximate surface area is 161 Å². The first-order valence-corrected chi connectivity index (χ1v) is 8.65. The highest BCUT2D eigenvalue weighted by atomic mass is 19.4. The first-order valence-electron chi connectivity index (χ1n) is 8.65. The molecule has 0 amide bonds. The normalized spacial score (nSPS) is 12.4. The van der Waals surface area contributed by atoms with Crippen LogP contribution in [0.25, 0.3) is 0 Å². The monoisotopic (exact) mass is 388 g/mol. The van der Waals surface area contributed by atoms with Gasteiger partial charge < -0.3 is 14.6 Å². The average Bonchev–Trinajstić information content (AvgIpc) is 2.71. The van der Waals surface area contributed by atoms with E-state index in [1.54, 1.807) is 0 Å². The largest absolute Gasteiger partial charge is 0.489 e. The highest BCUT2D eigenvalue weighted by molar-refractivity contribution is 5.40. The quantitative estimate of drug-likeness (QED) is 0.586. The first kappa shape index (κ1) is 19.8. The van der Waals surface area contributed by atoms with Crippen molar-refractivity contribution in [2.75, 3.05) is 0 Å². The van der Waals surface area contributed by atoms with Crippen LogP contribution in [-0.4, -0.2) is 11.3 Å². The van der Waals surface area contributed by atoms with Crippen LogP contribution in [0.4, 0.5) is 13.2 Å². The van der Waals surface area contributed by atoms with Crippen LogP contribution in [-0.2, 0) is 13.2 Å². The number of alkyl halides is 3. The summed E-state index contributed by atoms with van der Waals surface area (Å²) in [5.41, 5.74) is 1.41. The summed E-state index contributed by atoms with van der Waals surface area (Å²) in [4.78, 5) is 0. The number of aliphatic hydroxyl groups excluding tert-OH is 1. The highest BCUT2D eigenvalue weighted by Crippen LogP contribution is 2.36.